The number of nitrogens with two attached hydrogens (primary N) is 1. The molecule has 1 aliphatic carbocycles. The van der Waals surface area contributed by atoms with Crippen molar-refractivity contribution in [2.45, 2.75) is 6.42 Å². The van der Waals surface area contributed by atoms with Gasteiger partial charge in [0.15, 0.2) is 11.2 Å². The zero-order chi connectivity index (χ0) is 16.7. The number of nitrogen functional groups attached to an aromatic ring is 1. The van der Waals surface area contributed by atoms with Crippen molar-refractivity contribution >= 4 is 38.1 Å². The molecule has 0 unspecified atom stereocenters. The third-order valence-electron chi connectivity index (χ3n) is 4.05. The topological polar surface area (TPSA) is 137 Å². The van der Waals surface area contributed by atoms with E-state index >= 15 is 0 Å². The summed E-state index contributed by atoms with van der Waals surface area (Å²) in [6.07, 6.45) is 5.03. The van der Waals surface area contributed by atoms with Crippen molar-refractivity contribution in [3.63, 3.8) is 0 Å². The number of anilines is 1. The second-order valence-corrected chi connectivity index (χ2v) is 7.07. The second-order valence-electron chi connectivity index (χ2n) is 5.72. The number of aromatic nitrogens is 4. The Bertz CT molecular complexity index is 882. The number of hydrogen-bond donors (Lipinski definition) is 3. The average Bonchev–Trinajstić information content (AvgIpc) is 3.05. The van der Waals surface area contributed by atoms with Gasteiger partial charge in [0, 0.05) is 11.6 Å². The smallest absolute Gasteiger partial charge is 0.280 e. The number of fused-ring (bicyclic) bond motifs is 1. The van der Waals surface area contributed by atoms with Crippen molar-refractivity contribution in [1.82, 2.24) is 24.6 Å². The minimum absolute atomic E-state index is 0.0504. The van der Waals surface area contributed by atoms with Crippen LogP contribution in [0.4, 0.5) is 5.95 Å². The standard InChI is InChI=1S/C13H15N6O4P/c14-12-17-10-9(11(21)18-12)15-7-19(10)4-8-3-13(8)5-22-24(23-6-13)16-1-2-20/h2,4,7,16H,1,3,5-6H2,(H3,14,17,18,21)/b8-4-. The van der Waals surface area contributed by atoms with E-state index in [-0.39, 0.29) is 29.0 Å². The lowest BCUT2D eigenvalue weighted by Gasteiger charge is -2.27. The van der Waals surface area contributed by atoms with Crippen LogP contribution in [0.1, 0.15) is 6.42 Å². The van der Waals surface area contributed by atoms with Crippen molar-refractivity contribution in [3.05, 3.63) is 22.3 Å². The summed E-state index contributed by atoms with van der Waals surface area (Å²) in [4.78, 5) is 32.8. The summed E-state index contributed by atoms with van der Waals surface area (Å²) in [5, 5.41) is 2.89. The number of hydrogen-bond acceptors (Lipinski definition) is 8. The number of nitrogens with zero attached hydrogens (tertiary/aromatic N) is 3. The summed E-state index contributed by atoms with van der Waals surface area (Å²) >= 11 is 0. The van der Waals surface area contributed by atoms with Crippen molar-refractivity contribution < 1.29 is 13.8 Å². The Hall–Kier alpha value is -2.13. The van der Waals surface area contributed by atoms with Gasteiger partial charge in [-0.05, 0) is 12.0 Å². The first kappa shape index (κ1) is 15.4. The number of nitrogens with one attached hydrogen (secondary N) is 2. The molecule has 10 nitrogen and oxygen atoms in total. The maximum atomic E-state index is 11.8. The van der Waals surface area contributed by atoms with Gasteiger partial charge in [-0.1, -0.05) is 0 Å². The van der Waals surface area contributed by atoms with Gasteiger partial charge >= 0.3 is 0 Å². The first-order chi connectivity index (χ1) is 11.6. The number of rotatable bonds is 4. The van der Waals surface area contributed by atoms with Crippen LogP contribution in [0.25, 0.3) is 17.4 Å². The van der Waals surface area contributed by atoms with Crippen LogP contribution in [0.3, 0.4) is 0 Å². The lowest BCUT2D eigenvalue weighted by molar-refractivity contribution is -0.107. The third kappa shape index (κ3) is 2.63. The van der Waals surface area contributed by atoms with Crippen molar-refractivity contribution in [3.8, 4) is 0 Å². The van der Waals surface area contributed by atoms with Gasteiger partial charge in [0.05, 0.1) is 19.8 Å². The Morgan fingerprint density at radius 2 is 2.29 bits per heavy atom. The molecule has 4 rings (SSSR count). The molecule has 2 aliphatic rings. The molecule has 1 saturated heterocycles. The molecule has 2 fully saturated rings. The molecule has 4 N–H and O–H groups in total. The van der Waals surface area contributed by atoms with Crippen LogP contribution in [0.2, 0.25) is 0 Å². The number of H-pyrrole nitrogens is 1. The molecule has 0 atom stereocenters. The molecule has 2 aromatic heterocycles. The molecular weight excluding hydrogens is 335 g/mol. The summed E-state index contributed by atoms with van der Waals surface area (Å²) in [7, 11) is -1.20. The molecule has 0 bridgehead atoms. The summed E-state index contributed by atoms with van der Waals surface area (Å²) in [6, 6.07) is 0. The number of carbonyl (C=O) groups is 1. The highest BCUT2D eigenvalue weighted by molar-refractivity contribution is 7.45. The number of imidazole rings is 1. The van der Waals surface area contributed by atoms with E-state index in [0.29, 0.717) is 18.9 Å². The highest BCUT2D eigenvalue weighted by Crippen LogP contribution is 2.59. The fourth-order valence-electron chi connectivity index (χ4n) is 2.64. The molecule has 1 aliphatic heterocycles. The van der Waals surface area contributed by atoms with Crippen LogP contribution in [-0.4, -0.2) is 45.6 Å². The van der Waals surface area contributed by atoms with E-state index in [9.17, 15) is 9.59 Å². The summed E-state index contributed by atoms with van der Waals surface area (Å²) < 4.78 is 13.0. The van der Waals surface area contributed by atoms with E-state index in [2.05, 4.69) is 20.0 Å². The number of carbonyl (C=O) groups excluding carboxylic acids is 1. The van der Waals surface area contributed by atoms with Gasteiger partial charge in [-0.25, -0.2) is 10.1 Å². The maximum absolute atomic E-state index is 11.8. The molecule has 2 aromatic rings. The monoisotopic (exact) mass is 350 g/mol. The second kappa shape index (κ2) is 5.75. The predicted octanol–water partition coefficient (Wildman–Crippen LogP) is -0.00500. The summed E-state index contributed by atoms with van der Waals surface area (Å²) in [5.41, 5.74) is 6.87. The summed E-state index contributed by atoms with van der Waals surface area (Å²) in [5.74, 6) is 0.0504. The first-order valence-corrected chi connectivity index (χ1v) is 8.46. The highest BCUT2D eigenvalue weighted by atomic mass is 31.2. The minimum atomic E-state index is -1.20. The number of aldehydes is 1. The number of aromatic amines is 1. The van der Waals surface area contributed by atoms with Crippen LogP contribution in [0, 0.1) is 5.41 Å². The van der Waals surface area contributed by atoms with Crippen molar-refractivity contribution in [2.75, 3.05) is 25.5 Å². The van der Waals surface area contributed by atoms with Crippen LogP contribution >= 0.6 is 8.53 Å². The van der Waals surface area contributed by atoms with Gasteiger partial charge in [0.1, 0.15) is 12.6 Å². The van der Waals surface area contributed by atoms with Gasteiger partial charge in [0.2, 0.25) is 5.95 Å². The highest BCUT2D eigenvalue weighted by Gasteiger charge is 2.52. The minimum Gasteiger partial charge on any atom is -0.369 e. The predicted molar refractivity (Wildman–Crippen MR) is 86.8 cm³/mol. The molecular formula is C13H15N6O4P. The van der Waals surface area contributed by atoms with E-state index in [1.807, 2.05) is 6.20 Å². The fraction of sp³-hybridized carbons (Fsp3) is 0.385. The third-order valence-corrected chi connectivity index (χ3v) is 5.22. The van der Waals surface area contributed by atoms with Crippen LogP contribution in [0.5, 0.6) is 0 Å². The summed E-state index contributed by atoms with van der Waals surface area (Å²) in [6.45, 7) is 1.27. The molecule has 11 heteroatoms. The van der Waals surface area contributed by atoms with Crippen LogP contribution < -0.4 is 16.4 Å². The van der Waals surface area contributed by atoms with Gasteiger partial charge in [-0.3, -0.25) is 14.3 Å². The van der Waals surface area contributed by atoms with E-state index in [4.69, 9.17) is 14.8 Å². The maximum Gasteiger partial charge on any atom is 0.280 e. The quantitative estimate of drug-likeness (QED) is 0.517. The Morgan fingerprint density at radius 1 is 1.50 bits per heavy atom. The van der Waals surface area contributed by atoms with Crippen molar-refractivity contribution in [2.24, 2.45) is 5.41 Å². The average molecular weight is 350 g/mol. The van der Waals surface area contributed by atoms with E-state index in [0.717, 1.165) is 18.3 Å². The van der Waals surface area contributed by atoms with Gasteiger partial charge in [-0.15, -0.1) is 0 Å². The van der Waals surface area contributed by atoms with E-state index < -0.39 is 8.53 Å². The molecule has 126 valence electrons. The Labute approximate surface area is 137 Å². The fourth-order valence-corrected chi connectivity index (χ4v) is 3.85. The molecule has 3 heterocycles. The first-order valence-electron chi connectivity index (χ1n) is 7.28. The van der Waals surface area contributed by atoms with E-state index in [1.165, 1.54) is 6.33 Å². The SMILES string of the molecule is Nc1nc2c(ncn2/C=C2/CC23COP(NCC=O)OC3)c(=O)[nH]1. The molecule has 1 spiro atoms. The van der Waals surface area contributed by atoms with Gasteiger partial charge < -0.3 is 19.6 Å². The van der Waals surface area contributed by atoms with Gasteiger partial charge in [0.25, 0.3) is 14.1 Å². The lowest BCUT2D eigenvalue weighted by atomic mass is 10.1. The van der Waals surface area contributed by atoms with Gasteiger partial charge in [-0.2, -0.15) is 4.98 Å². The molecule has 0 aromatic carbocycles. The molecule has 1 saturated carbocycles. The Kier molecular flexibility index (Phi) is 3.69. The largest absolute Gasteiger partial charge is 0.369 e. The van der Waals surface area contributed by atoms with Crippen molar-refractivity contribution in [1.29, 1.82) is 0 Å². The zero-order valence-electron chi connectivity index (χ0n) is 12.6. The zero-order valence-corrected chi connectivity index (χ0v) is 13.5. The lowest BCUT2D eigenvalue weighted by Crippen LogP contribution is -2.26. The Balaban J connectivity index is 1.53. The molecule has 24 heavy (non-hydrogen) atoms. The molecule has 0 amide bonds. The van der Waals surface area contributed by atoms with Crippen LogP contribution in [-0.2, 0) is 13.8 Å². The van der Waals surface area contributed by atoms with Crippen LogP contribution in [0.15, 0.2) is 16.7 Å². The van der Waals surface area contributed by atoms with E-state index in [1.54, 1.807) is 4.57 Å². The Morgan fingerprint density at radius 3 is 3.04 bits per heavy atom. The normalized spacial score (nSPS) is 27.8. The molecule has 0 radical (unpaired) electrons.